The van der Waals surface area contributed by atoms with Crippen LogP contribution in [0.2, 0.25) is 0 Å². The Balaban J connectivity index is 1.62. The van der Waals surface area contributed by atoms with Crippen LogP contribution in [0, 0.1) is 5.92 Å². The van der Waals surface area contributed by atoms with Crippen LogP contribution in [0.1, 0.15) is 31.0 Å². The molecule has 5 nitrogen and oxygen atoms in total. The molecule has 0 unspecified atom stereocenters. The number of nitrogens with zero attached hydrogens (tertiary/aromatic N) is 3. The largest absolute Gasteiger partial charge is 0.321 e. The SMILES string of the molecule is O=C(C[C@@H]1c2ncccc2-c2cncn21)C1CCNCC1. The molecule has 21 heavy (non-hydrogen) atoms. The van der Waals surface area contributed by atoms with Crippen molar-refractivity contribution in [1.29, 1.82) is 0 Å². The summed E-state index contributed by atoms with van der Waals surface area (Å²) in [7, 11) is 0. The molecule has 4 rings (SSSR count). The maximum atomic E-state index is 12.6. The van der Waals surface area contributed by atoms with Gasteiger partial charge in [0.05, 0.1) is 30.0 Å². The van der Waals surface area contributed by atoms with Crippen LogP contribution >= 0.6 is 0 Å². The molecule has 1 saturated heterocycles. The molecule has 1 atom stereocenters. The monoisotopic (exact) mass is 282 g/mol. The third-order valence-corrected chi connectivity index (χ3v) is 4.62. The lowest BCUT2D eigenvalue weighted by Gasteiger charge is -2.23. The van der Waals surface area contributed by atoms with E-state index in [9.17, 15) is 4.79 Å². The van der Waals surface area contributed by atoms with Crippen molar-refractivity contribution in [3.63, 3.8) is 0 Å². The van der Waals surface area contributed by atoms with E-state index in [-0.39, 0.29) is 12.0 Å². The van der Waals surface area contributed by atoms with Crippen LogP contribution in [0.15, 0.2) is 30.9 Å². The highest BCUT2D eigenvalue weighted by atomic mass is 16.1. The molecule has 0 aromatic carbocycles. The zero-order valence-electron chi connectivity index (χ0n) is 11.8. The second-order valence-corrected chi connectivity index (χ2v) is 5.83. The topological polar surface area (TPSA) is 59.8 Å². The number of hydrogen-bond acceptors (Lipinski definition) is 4. The van der Waals surface area contributed by atoms with Crippen LogP contribution in [-0.4, -0.2) is 33.4 Å². The molecule has 2 aromatic rings. The lowest BCUT2D eigenvalue weighted by molar-refractivity contribution is -0.124. The first-order valence-corrected chi connectivity index (χ1v) is 7.55. The number of imidazole rings is 1. The molecular weight excluding hydrogens is 264 g/mol. The Kier molecular flexibility index (Phi) is 3.07. The molecule has 4 heterocycles. The predicted octanol–water partition coefficient (Wildman–Crippen LogP) is 1.81. The Bertz CT molecular complexity index is 672. The molecule has 0 radical (unpaired) electrons. The summed E-state index contributed by atoms with van der Waals surface area (Å²) in [4.78, 5) is 21.3. The summed E-state index contributed by atoms with van der Waals surface area (Å²) in [6.45, 7) is 1.90. The fourth-order valence-electron chi connectivity index (χ4n) is 3.49. The number of hydrogen-bond donors (Lipinski definition) is 1. The van der Waals surface area contributed by atoms with Crippen molar-refractivity contribution in [2.24, 2.45) is 5.92 Å². The van der Waals surface area contributed by atoms with Crippen molar-refractivity contribution in [2.75, 3.05) is 13.1 Å². The van der Waals surface area contributed by atoms with E-state index in [0.29, 0.717) is 12.2 Å². The Morgan fingerprint density at radius 1 is 1.38 bits per heavy atom. The molecular formula is C16H18N4O. The number of rotatable bonds is 3. The number of pyridine rings is 1. The summed E-state index contributed by atoms with van der Waals surface area (Å²) < 4.78 is 2.09. The molecule has 0 spiro atoms. The normalized spacial score (nSPS) is 21.0. The summed E-state index contributed by atoms with van der Waals surface area (Å²) in [6, 6.07) is 4.01. The third-order valence-electron chi connectivity index (χ3n) is 4.62. The molecule has 0 amide bonds. The predicted molar refractivity (Wildman–Crippen MR) is 78.8 cm³/mol. The lowest BCUT2D eigenvalue weighted by Crippen LogP contribution is -2.32. The Hall–Kier alpha value is -2.01. The fourth-order valence-corrected chi connectivity index (χ4v) is 3.49. The Morgan fingerprint density at radius 3 is 3.10 bits per heavy atom. The molecule has 0 bridgehead atoms. The van der Waals surface area contributed by atoms with Gasteiger partial charge in [-0.1, -0.05) is 0 Å². The van der Waals surface area contributed by atoms with E-state index < -0.39 is 0 Å². The summed E-state index contributed by atoms with van der Waals surface area (Å²) in [5, 5.41) is 3.31. The minimum Gasteiger partial charge on any atom is -0.321 e. The number of piperidine rings is 1. The van der Waals surface area contributed by atoms with Crippen LogP contribution in [-0.2, 0) is 4.79 Å². The van der Waals surface area contributed by atoms with Gasteiger partial charge in [0.2, 0.25) is 0 Å². The van der Waals surface area contributed by atoms with Crippen molar-refractivity contribution < 1.29 is 4.79 Å². The van der Waals surface area contributed by atoms with E-state index in [4.69, 9.17) is 0 Å². The van der Waals surface area contributed by atoms with Crippen LogP contribution in [0.3, 0.4) is 0 Å². The molecule has 2 aliphatic heterocycles. The highest BCUT2D eigenvalue weighted by Gasteiger charge is 2.33. The van der Waals surface area contributed by atoms with Gasteiger partial charge in [0, 0.05) is 24.1 Å². The van der Waals surface area contributed by atoms with E-state index in [2.05, 4.69) is 25.9 Å². The van der Waals surface area contributed by atoms with Crippen molar-refractivity contribution in [3.05, 3.63) is 36.5 Å². The lowest BCUT2D eigenvalue weighted by atomic mass is 9.89. The maximum Gasteiger partial charge on any atom is 0.138 e. The van der Waals surface area contributed by atoms with E-state index in [0.717, 1.165) is 42.9 Å². The number of Topliss-reactive ketones (excluding diaryl/α,β-unsaturated/α-hetero) is 1. The van der Waals surface area contributed by atoms with E-state index in [1.807, 2.05) is 18.6 Å². The summed E-state index contributed by atoms with van der Waals surface area (Å²) in [6.07, 6.45) is 7.92. The fraction of sp³-hybridized carbons (Fsp3) is 0.438. The van der Waals surface area contributed by atoms with Crippen molar-refractivity contribution in [3.8, 4) is 11.3 Å². The van der Waals surface area contributed by atoms with Gasteiger partial charge in [-0.2, -0.15) is 0 Å². The highest BCUT2D eigenvalue weighted by Crippen LogP contribution is 2.40. The first-order chi connectivity index (χ1) is 10.3. The first kappa shape index (κ1) is 12.7. The minimum atomic E-state index is 0.0149. The molecule has 5 heteroatoms. The molecule has 1 fully saturated rings. The second-order valence-electron chi connectivity index (χ2n) is 5.83. The number of ketones is 1. The number of carbonyl (C=O) groups excluding carboxylic acids is 1. The quantitative estimate of drug-likeness (QED) is 0.932. The standard InChI is InChI=1S/C16H18N4O/c21-15(11-3-6-17-7-4-11)8-13-16-12(2-1-5-19-16)14-9-18-10-20(13)14/h1-2,5,9-11,13,17H,3-4,6-8H2/t13-/m1/s1. The summed E-state index contributed by atoms with van der Waals surface area (Å²) >= 11 is 0. The molecule has 0 aliphatic carbocycles. The number of aromatic nitrogens is 3. The molecule has 2 aliphatic rings. The van der Waals surface area contributed by atoms with Crippen molar-refractivity contribution in [1.82, 2.24) is 19.9 Å². The van der Waals surface area contributed by atoms with Gasteiger partial charge >= 0.3 is 0 Å². The minimum absolute atomic E-state index is 0.0149. The van der Waals surface area contributed by atoms with E-state index in [1.165, 1.54) is 0 Å². The van der Waals surface area contributed by atoms with Gasteiger partial charge in [-0.25, -0.2) is 4.98 Å². The molecule has 0 saturated carbocycles. The molecule has 2 aromatic heterocycles. The number of fused-ring (bicyclic) bond motifs is 3. The number of nitrogens with one attached hydrogen (secondary N) is 1. The Labute approximate surface area is 123 Å². The summed E-state index contributed by atoms with van der Waals surface area (Å²) in [5.74, 6) is 0.561. The van der Waals surface area contributed by atoms with Gasteiger partial charge in [-0.15, -0.1) is 0 Å². The van der Waals surface area contributed by atoms with Crippen LogP contribution in [0.5, 0.6) is 0 Å². The van der Waals surface area contributed by atoms with E-state index in [1.54, 1.807) is 6.20 Å². The average Bonchev–Trinajstić information content (AvgIpc) is 3.11. The third kappa shape index (κ3) is 2.08. The van der Waals surface area contributed by atoms with Crippen LogP contribution < -0.4 is 5.32 Å². The van der Waals surface area contributed by atoms with Gasteiger partial charge in [0.15, 0.2) is 0 Å². The maximum absolute atomic E-state index is 12.6. The van der Waals surface area contributed by atoms with Crippen molar-refractivity contribution >= 4 is 5.78 Å². The van der Waals surface area contributed by atoms with Gasteiger partial charge in [0.1, 0.15) is 5.78 Å². The van der Waals surface area contributed by atoms with Gasteiger partial charge in [0.25, 0.3) is 0 Å². The van der Waals surface area contributed by atoms with Gasteiger partial charge in [-0.05, 0) is 38.1 Å². The first-order valence-electron chi connectivity index (χ1n) is 7.55. The number of carbonyl (C=O) groups is 1. The zero-order chi connectivity index (χ0) is 14.2. The average molecular weight is 282 g/mol. The van der Waals surface area contributed by atoms with Crippen LogP contribution in [0.4, 0.5) is 0 Å². The van der Waals surface area contributed by atoms with E-state index >= 15 is 0 Å². The van der Waals surface area contributed by atoms with Gasteiger partial charge < -0.3 is 9.88 Å². The highest BCUT2D eigenvalue weighted by molar-refractivity contribution is 5.83. The van der Waals surface area contributed by atoms with Gasteiger partial charge in [-0.3, -0.25) is 9.78 Å². The Morgan fingerprint density at radius 2 is 2.24 bits per heavy atom. The second kappa shape index (κ2) is 5.07. The van der Waals surface area contributed by atoms with Crippen molar-refractivity contribution in [2.45, 2.75) is 25.3 Å². The smallest absolute Gasteiger partial charge is 0.138 e. The molecule has 1 N–H and O–H groups in total. The van der Waals surface area contributed by atoms with Crippen LogP contribution in [0.25, 0.3) is 11.3 Å². The summed E-state index contributed by atoms with van der Waals surface area (Å²) in [5.41, 5.74) is 3.19. The molecule has 108 valence electrons. The zero-order valence-corrected chi connectivity index (χ0v) is 11.8.